The van der Waals surface area contributed by atoms with E-state index in [1.54, 1.807) is 0 Å². The van der Waals surface area contributed by atoms with Crippen molar-refractivity contribution in [2.45, 2.75) is 23.9 Å². The fourth-order valence-electron chi connectivity index (χ4n) is 5.90. The molecule has 0 atom stereocenters. The van der Waals surface area contributed by atoms with E-state index in [1.807, 2.05) is 48.5 Å². The monoisotopic (exact) mass is 444 g/mol. The van der Waals surface area contributed by atoms with Gasteiger partial charge in [0, 0.05) is 17.0 Å². The summed E-state index contributed by atoms with van der Waals surface area (Å²) in [6.07, 6.45) is -4.06. The minimum atomic E-state index is -4.41. The highest BCUT2D eigenvalue weighted by Crippen LogP contribution is 2.63. The molecule has 0 aliphatic heterocycles. The molecule has 4 aromatic rings. The van der Waals surface area contributed by atoms with E-state index in [0.717, 1.165) is 34.4 Å². The highest BCUT2D eigenvalue weighted by Gasteiger charge is 2.53. The lowest BCUT2D eigenvalue weighted by atomic mass is 9.51. The van der Waals surface area contributed by atoms with Crippen molar-refractivity contribution in [1.82, 2.24) is 0 Å². The average molecular weight is 444 g/mol. The van der Waals surface area contributed by atoms with Crippen LogP contribution in [0.15, 0.2) is 84.9 Å². The van der Waals surface area contributed by atoms with E-state index in [4.69, 9.17) is 0 Å². The quantitative estimate of drug-likeness (QED) is 0.347. The van der Waals surface area contributed by atoms with Gasteiger partial charge in [0.15, 0.2) is 0 Å². The lowest BCUT2D eigenvalue weighted by molar-refractivity contribution is -0.137. The Bertz CT molecular complexity index is 1360. The zero-order valence-electron chi connectivity index (χ0n) is 17.4. The van der Waals surface area contributed by atoms with Crippen LogP contribution in [0.2, 0.25) is 0 Å². The van der Waals surface area contributed by atoms with Gasteiger partial charge in [-0.2, -0.15) is 13.2 Å². The van der Waals surface area contributed by atoms with Crippen LogP contribution in [0.5, 0.6) is 11.5 Å². The number of rotatable bonds is 2. The topological polar surface area (TPSA) is 40.5 Å². The van der Waals surface area contributed by atoms with Gasteiger partial charge in [0.1, 0.15) is 11.5 Å². The maximum atomic E-state index is 13.2. The SMILES string of the molecule is Oc1ccc(O)c2c1C1c3ccccc3C2(Cc2ccc(C(F)(F)F)cc2)c2ccccc21. The number of phenolic OH excluding ortho intramolecular Hbond substituents is 2. The molecule has 2 N–H and O–H groups in total. The van der Waals surface area contributed by atoms with Gasteiger partial charge in [0.05, 0.1) is 11.0 Å². The number of halogens is 3. The van der Waals surface area contributed by atoms with Crippen molar-refractivity contribution in [2.75, 3.05) is 0 Å². The molecule has 0 saturated heterocycles. The Labute approximate surface area is 188 Å². The summed E-state index contributed by atoms with van der Waals surface area (Å²) in [4.78, 5) is 0. The molecule has 0 spiro atoms. The van der Waals surface area contributed by atoms with Gasteiger partial charge in [-0.1, -0.05) is 60.7 Å². The van der Waals surface area contributed by atoms with Crippen molar-refractivity contribution < 1.29 is 23.4 Å². The second kappa shape index (κ2) is 6.64. The van der Waals surface area contributed by atoms with Gasteiger partial charge < -0.3 is 10.2 Å². The van der Waals surface area contributed by atoms with Crippen LogP contribution in [0.3, 0.4) is 0 Å². The number of phenols is 2. The molecule has 0 amide bonds. The van der Waals surface area contributed by atoms with Gasteiger partial charge in [-0.15, -0.1) is 0 Å². The summed E-state index contributed by atoms with van der Waals surface area (Å²) in [5.41, 5.74) is 4.54. The van der Waals surface area contributed by atoms with Crippen LogP contribution in [-0.2, 0) is 18.0 Å². The Morgan fingerprint density at radius 3 is 1.82 bits per heavy atom. The Kier molecular flexibility index (Phi) is 4.01. The molecule has 2 nitrogen and oxygen atoms in total. The maximum absolute atomic E-state index is 13.2. The number of hydrogen-bond donors (Lipinski definition) is 2. The Balaban J connectivity index is 1.67. The molecule has 3 aliphatic carbocycles. The summed E-state index contributed by atoms with van der Waals surface area (Å²) >= 11 is 0. The van der Waals surface area contributed by atoms with Gasteiger partial charge in [-0.25, -0.2) is 0 Å². The van der Waals surface area contributed by atoms with Crippen LogP contribution < -0.4 is 0 Å². The molecule has 5 heteroatoms. The van der Waals surface area contributed by atoms with E-state index < -0.39 is 17.2 Å². The molecular weight excluding hydrogens is 425 g/mol. The van der Waals surface area contributed by atoms with Crippen molar-refractivity contribution in [2.24, 2.45) is 0 Å². The van der Waals surface area contributed by atoms with Crippen LogP contribution in [0.1, 0.15) is 50.4 Å². The predicted octanol–water partition coefficient (Wildman–Crippen LogP) is 6.50. The second-order valence-electron chi connectivity index (χ2n) is 8.78. The van der Waals surface area contributed by atoms with Crippen molar-refractivity contribution in [3.63, 3.8) is 0 Å². The average Bonchev–Trinajstić information content (AvgIpc) is 2.81. The normalized spacial score (nSPS) is 20.2. The minimum absolute atomic E-state index is 0.0729. The van der Waals surface area contributed by atoms with Crippen LogP contribution in [0, 0.1) is 0 Å². The summed E-state index contributed by atoms with van der Waals surface area (Å²) in [6.45, 7) is 0. The van der Waals surface area contributed by atoms with E-state index in [1.165, 1.54) is 24.3 Å². The molecule has 0 unspecified atom stereocenters. The first-order valence-corrected chi connectivity index (χ1v) is 10.7. The Hall–Kier alpha value is -3.73. The highest BCUT2D eigenvalue weighted by atomic mass is 19.4. The Morgan fingerprint density at radius 1 is 0.697 bits per heavy atom. The lowest BCUT2D eigenvalue weighted by Gasteiger charge is -2.51. The van der Waals surface area contributed by atoms with E-state index in [9.17, 15) is 23.4 Å². The van der Waals surface area contributed by atoms with Crippen molar-refractivity contribution >= 4 is 0 Å². The van der Waals surface area contributed by atoms with Gasteiger partial charge in [-0.3, -0.25) is 0 Å². The van der Waals surface area contributed by atoms with Crippen LogP contribution in [-0.4, -0.2) is 10.2 Å². The first kappa shape index (κ1) is 19.9. The number of benzene rings is 4. The maximum Gasteiger partial charge on any atom is 0.416 e. The molecule has 0 saturated carbocycles. The van der Waals surface area contributed by atoms with Crippen LogP contribution in [0.25, 0.3) is 0 Å². The van der Waals surface area contributed by atoms with Gasteiger partial charge in [0.2, 0.25) is 0 Å². The Morgan fingerprint density at radius 2 is 1.24 bits per heavy atom. The van der Waals surface area contributed by atoms with E-state index in [2.05, 4.69) is 0 Å². The van der Waals surface area contributed by atoms with E-state index in [0.29, 0.717) is 23.1 Å². The molecule has 0 aromatic heterocycles. The van der Waals surface area contributed by atoms with Crippen molar-refractivity contribution in [1.29, 1.82) is 0 Å². The molecule has 3 aliphatic rings. The van der Waals surface area contributed by atoms with Crippen molar-refractivity contribution in [3.8, 4) is 11.5 Å². The molecule has 33 heavy (non-hydrogen) atoms. The third-order valence-corrected chi connectivity index (χ3v) is 7.13. The van der Waals surface area contributed by atoms with Gasteiger partial charge in [-0.05, 0) is 58.5 Å². The first-order valence-electron chi connectivity index (χ1n) is 10.7. The molecule has 164 valence electrons. The molecule has 0 radical (unpaired) electrons. The smallest absolute Gasteiger partial charge is 0.416 e. The van der Waals surface area contributed by atoms with Crippen LogP contribution >= 0.6 is 0 Å². The third kappa shape index (κ3) is 2.62. The zero-order chi connectivity index (χ0) is 23.0. The highest BCUT2D eigenvalue weighted by molar-refractivity contribution is 5.76. The summed E-state index contributed by atoms with van der Waals surface area (Å²) < 4.78 is 39.5. The number of hydrogen-bond acceptors (Lipinski definition) is 2. The molecule has 4 aromatic carbocycles. The molecular formula is C28H19F3O2. The van der Waals surface area contributed by atoms with E-state index in [-0.39, 0.29) is 17.4 Å². The van der Waals surface area contributed by atoms with E-state index >= 15 is 0 Å². The van der Waals surface area contributed by atoms with Gasteiger partial charge >= 0.3 is 6.18 Å². The zero-order valence-corrected chi connectivity index (χ0v) is 17.4. The number of alkyl halides is 3. The van der Waals surface area contributed by atoms with Gasteiger partial charge in [0.25, 0.3) is 0 Å². The lowest BCUT2D eigenvalue weighted by Crippen LogP contribution is -2.43. The summed E-state index contributed by atoms with van der Waals surface area (Å²) in [7, 11) is 0. The molecule has 0 fully saturated rings. The number of aromatic hydroxyl groups is 2. The predicted molar refractivity (Wildman–Crippen MR) is 119 cm³/mol. The molecule has 7 rings (SSSR count). The third-order valence-electron chi connectivity index (χ3n) is 7.13. The minimum Gasteiger partial charge on any atom is -0.508 e. The van der Waals surface area contributed by atoms with Crippen molar-refractivity contribution in [3.05, 3.63) is 129 Å². The summed E-state index contributed by atoms with van der Waals surface area (Å²) in [5.74, 6) is -0.0497. The van der Waals surface area contributed by atoms with Crippen LogP contribution in [0.4, 0.5) is 13.2 Å². The fraction of sp³-hybridized carbons (Fsp3) is 0.143. The fourth-order valence-corrected chi connectivity index (χ4v) is 5.90. The first-order chi connectivity index (χ1) is 15.8. The molecule has 0 heterocycles. The summed E-state index contributed by atoms with van der Waals surface area (Å²) in [5, 5.41) is 22.0. The molecule has 2 bridgehead atoms. The standard InChI is InChI=1S/C28H19F3O2/c29-28(30,31)17-11-9-16(10-12-17)15-27-20-7-3-1-5-18(20)24(19-6-2-4-8-21(19)27)25-22(32)13-14-23(33)26(25)27/h1-14,24,32-33H,15H2. The largest absolute Gasteiger partial charge is 0.508 e. The second-order valence-corrected chi connectivity index (χ2v) is 8.78. The summed E-state index contributed by atoms with van der Waals surface area (Å²) in [6, 6.07) is 24.1.